The van der Waals surface area contributed by atoms with Crippen LogP contribution in [-0.4, -0.2) is 35.0 Å². The first kappa shape index (κ1) is 17.5. The zero-order valence-electron chi connectivity index (χ0n) is 14.9. The smallest absolute Gasteiger partial charge is 0.289 e. The molecule has 1 atom stereocenters. The van der Waals surface area contributed by atoms with Gasteiger partial charge in [-0.1, -0.05) is 29.8 Å². The van der Waals surface area contributed by atoms with E-state index in [4.69, 9.17) is 16.0 Å². The molecule has 6 nitrogen and oxygen atoms in total. The van der Waals surface area contributed by atoms with Crippen molar-refractivity contribution in [1.29, 1.82) is 0 Å². The first-order valence-corrected chi connectivity index (χ1v) is 9.19. The van der Waals surface area contributed by atoms with Gasteiger partial charge in [0.05, 0.1) is 10.7 Å². The summed E-state index contributed by atoms with van der Waals surface area (Å²) in [5.74, 6) is 1.20. The van der Waals surface area contributed by atoms with Crippen molar-refractivity contribution >= 4 is 23.3 Å². The van der Waals surface area contributed by atoms with Crippen molar-refractivity contribution in [3.8, 4) is 11.5 Å². The number of hydrogen-bond acceptors (Lipinski definition) is 5. The van der Waals surface area contributed by atoms with Gasteiger partial charge in [0.15, 0.2) is 0 Å². The molecule has 0 bridgehead atoms. The Kier molecular flexibility index (Phi) is 4.81. The molecule has 1 amide bonds. The normalized spacial score (nSPS) is 16.5. The average molecular weight is 383 g/mol. The van der Waals surface area contributed by atoms with Crippen LogP contribution in [0.5, 0.6) is 0 Å². The molecule has 0 aliphatic carbocycles. The summed E-state index contributed by atoms with van der Waals surface area (Å²) in [6.07, 6.45) is 2.54. The van der Waals surface area contributed by atoms with Gasteiger partial charge in [-0.25, -0.2) is 9.97 Å². The number of carbonyl (C=O) groups excluding carboxylic acids is 1. The summed E-state index contributed by atoms with van der Waals surface area (Å²) in [4.78, 5) is 23.5. The lowest BCUT2D eigenvalue weighted by Crippen LogP contribution is -2.37. The lowest BCUT2D eigenvalue weighted by molar-refractivity contribution is 0.0912. The minimum atomic E-state index is -0.249. The fraction of sp³-hybridized carbons (Fsp3) is 0.250. The highest BCUT2D eigenvalue weighted by atomic mass is 35.5. The largest absolute Gasteiger partial charge is 0.431 e. The Balaban J connectivity index is 1.44. The molecule has 1 aliphatic heterocycles. The molecule has 1 aliphatic rings. The highest BCUT2D eigenvalue weighted by Crippen LogP contribution is 2.26. The predicted molar refractivity (Wildman–Crippen MR) is 104 cm³/mol. The molecule has 0 radical (unpaired) electrons. The van der Waals surface area contributed by atoms with E-state index in [0.29, 0.717) is 23.2 Å². The highest BCUT2D eigenvalue weighted by Gasteiger charge is 2.28. The Morgan fingerprint density at radius 1 is 1.26 bits per heavy atom. The maximum atomic E-state index is 12.7. The molecule has 4 rings (SSSR count). The predicted octanol–water partition coefficient (Wildman–Crippen LogP) is 3.71. The number of oxazole rings is 1. The highest BCUT2D eigenvalue weighted by molar-refractivity contribution is 6.32. The number of nitrogens with one attached hydrogen (secondary N) is 1. The molecule has 138 valence electrons. The summed E-state index contributed by atoms with van der Waals surface area (Å²) >= 11 is 6.22. The standard InChI is InChI=1S/C20H19ClN4O2/c1-13-17(27-20(23-13)14-6-3-2-4-7-14)19(26)24-15-9-11-25(12-15)18-16(21)8-5-10-22-18/h2-8,10,15H,9,11-12H2,1H3,(H,24,26). The van der Waals surface area contributed by atoms with E-state index in [1.807, 2.05) is 36.4 Å². The second-order valence-electron chi connectivity index (χ2n) is 6.51. The van der Waals surface area contributed by atoms with Crippen LogP contribution in [0.1, 0.15) is 22.7 Å². The van der Waals surface area contributed by atoms with Crippen molar-refractivity contribution in [1.82, 2.24) is 15.3 Å². The Bertz CT molecular complexity index is 958. The summed E-state index contributed by atoms with van der Waals surface area (Å²) in [6, 6.07) is 13.2. The maximum absolute atomic E-state index is 12.7. The minimum Gasteiger partial charge on any atom is -0.431 e. The van der Waals surface area contributed by atoms with E-state index in [1.54, 1.807) is 19.2 Å². The molecule has 1 N–H and O–H groups in total. The van der Waals surface area contributed by atoms with Crippen LogP contribution in [0.4, 0.5) is 5.82 Å². The number of hydrogen-bond donors (Lipinski definition) is 1. The Labute approximate surface area is 162 Å². The minimum absolute atomic E-state index is 0.000230. The number of nitrogens with zero attached hydrogens (tertiary/aromatic N) is 3. The Morgan fingerprint density at radius 3 is 2.85 bits per heavy atom. The summed E-state index contributed by atoms with van der Waals surface area (Å²) < 4.78 is 5.73. The quantitative estimate of drug-likeness (QED) is 0.744. The van der Waals surface area contributed by atoms with E-state index in [2.05, 4.69) is 20.2 Å². The number of pyridine rings is 1. The van der Waals surface area contributed by atoms with Crippen LogP contribution in [0.2, 0.25) is 5.02 Å². The van der Waals surface area contributed by atoms with Gasteiger partial charge in [0.25, 0.3) is 5.91 Å². The summed E-state index contributed by atoms with van der Waals surface area (Å²) in [7, 11) is 0. The molecule has 2 aromatic heterocycles. The van der Waals surface area contributed by atoms with Crippen LogP contribution in [0.25, 0.3) is 11.5 Å². The number of halogens is 1. The van der Waals surface area contributed by atoms with E-state index in [-0.39, 0.29) is 17.7 Å². The molecule has 1 saturated heterocycles. The summed E-state index contributed by atoms with van der Waals surface area (Å²) in [6.45, 7) is 3.22. The van der Waals surface area contributed by atoms with E-state index < -0.39 is 0 Å². The summed E-state index contributed by atoms with van der Waals surface area (Å²) in [5, 5.41) is 3.65. The van der Waals surface area contributed by atoms with Gasteiger partial charge in [-0.15, -0.1) is 0 Å². The number of amides is 1. The fourth-order valence-corrected chi connectivity index (χ4v) is 3.48. The topological polar surface area (TPSA) is 71.3 Å². The van der Waals surface area contributed by atoms with Gasteiger partial charge in [0, 0.05) is 30.9 Å². The monoisotopic (exact) mass is 382 g/mol. The van der Waals surface area contributed by atoms with Crippen LogP contribution in [0.3, 0.4) is 0 Å². The lowest BCUT2D eigenvalue weighted by Gasteiger charge is -2.18. The maximum Gasteiger partial charge on any atom is 0.289 e. The van der Waals surface area contributed by atoms with Gasteiger partial charge < -0.3 is 14.6 Å². The van der Waals surface area contributed by atoms with Crippen LogP contribution < -0.4 is 10.2 Å². The van der Waals surface area contributed by atoms with Crippen LogP contribution in [0, 0.1) is 6.92 Å². The van der Waals surface area contributed by atoms with Crippen LogP contribution >= 0.6 is 11.6 Å². The van der Waals surface area contributed by atoms with Crippen molar-refractivity contribution < 1.29 is 9.21 Å². The molecular formula is C20H19ClN4O2. The molecule has 0 spiro atoms. The first-order chi connectivity index (χ1) is 13.1. The number of anilines is 1. The van der Waals surface area contributed by atoms with Gasteiger partial charge in [0.2, 0.25) is 11.7 Å². The van der Waals surface area contributed by atoms with E-state index in [0.717, 1.165) is 24.3 Å². The van der Waals surface area contributed by atoms with E-state index in [1.165, 1.54) is 0 Å². The zero-order chi connectivity index (χ0) is 18.8. The first-order valence-electron chi connectivity index (χ1n) is 8.81. The molecule has 1 fully saturated rings. The molecule has 3 aromatic rings. The van der Waals surface area contributed by atoms with Crippen LogP contribution in [-0.2, 0) is 0 Å². The molecule has 1 aromatic carbocycles. The van der Waals surface area contributed by atoms with Gasteiger partial charge in [0.1, 0.15) is 5.82 Å². The Morgan fingerprint density at radius 2 is 2.07 bits per heavy atom. The molecule has 1 unspecified atom stereocenters. The van der Waals surface area contributed by atoms with E-state index >= 15 is 0 Å². The molecule has 0 saturated carbocycles. The Hall–Kier alpha value is -2.86. The van der Waals surface area contributed by atoms with Crippen molar-refractivity contribution in [3.05, 3.63) is 65.1 Å². The van der Waals surface area contributed by atoms with E-state index in [9.17, 15) is 4.79 Å². The van der Waals surface area contributed by atoms with Crippen molar-refractivity contribution in [2.75, 3.05) is 18.0 Å². The van der Waals surface area contributed by atoms with Crippen LogP contribution in [0.15, 0.2) is 53.1 Å². The molecule has 27 heavy (non-hydrogen) atoms. The number of aromatic nitrogens is 2. The average Bonchev–Trinajstić information content (AvgIpc) is 3.29. The SMILES string of the molecule is Cc1nc(-c2ccccc2)oc1C(=O)NC1CCN(c2ncccc2Cl)C1. The van der Waals surface area contributed by atoms with Gasteiger partial charge in [-0.2, -0.15) is 0 Å². The number of rotatable bonds is 4. The third-order valence-corrected chi connectivity index (χ3v) is 4.88. The lowest BCUT2D eigenvalue weighted by atomic mass is 10.2. The van der Waals surface area contributed by atoms with Gasteiger partial charge in [-0.05, 0) is 37.6 Å². The third-order valence-electron chi connectivity index (χ3n) is 4.59. The van der Waals surface area contributed by atoms with Gasteiger partial charge >= 0.3 is 0 Å². The summed E-state index contributed by atoms with van der Waals surface area (Å²) in [5.41, 5.74) is 1.42. The molecule has 3 heterocycles. The second-order valence-corrected chi connectivity index (χ2v) is 6.92. The van der Waals surface area contributed by atoms with Crippen molar-refractivity contribution in [2.24, 2.45) is 0 Å². The van der Waals surface area contributed by atoms with Crippen molar-refractivity contribution in [2.45, 2.75) is 19.4 Å². The second kappa shape index (κ2) is 7.40. The number of aryl methyl sites for hydroxylation is 1. The molecule has 7 heteroatoms. The van der Waals surface area contributed by atoms with Gasteiger partial charge in [-0.3, -0.25) is 4.79 Å². The van der Waals surface area contributed by atoms with Crippen molar-refractivity contribution in [3.63, 3.8) is 0 Å². The number of carbonyl (C=O) groups is 1. The number of benzene rings is 1. The zero-order valence-corrected chi connectivity index (χ0v) is 15.6. The fourth-order valence-electron chi connectivity index (χ4n) is 3.24. The molecular weight excluding hydrogens is 364 g/mol. The third kappa shape index (κ3) is 3.66.